The Morgan fingerprint density at radius 1 is 1.19 bits per heavy atom. The maximum Gasteiger partial charge on any atom is 0.311 e. The Hall–Kier alpha value is -1.39. The number of esters is 1. The van der Waals surface area contributed by atoms with E-state index in [0.29, 0.717) is 19.1 Å². The van der Waals surface area contributed by atoms with Gasteiger partial charge in [0.1, 0.15) is 0 Å². The summed E-state index contributed by atoms with van der Waals surface area (Å²) in [5, 5.41) is 0. The van der Waals surface area contributed by atoms with E-state index in [2.05, 4.69) is 26.0 Å². The fraction of sp³-hybridized carbons (Fsp3) is 0.682. The van der Waals surface area contributed by atoms with E-state index in [1.165, 1.54) is 5.56 Å². The van der Waals surface area contributed by atoms with Crippen LogP contribution in [0.4, 0.5) is 0 Å². The van der Waals surface area contributed by atoms with Crippen molar-refractivity contribution in [3.05, 3.63) is 35.9 Å². The molecule has 1 aliphatic heterocycles. The van der Waals surface area contributed by atoms with Crippen LogP contribution in [0, 0.1) is 11.8 Å². The first-order chi connectivity index (χ1) is 12.5. The van der Waals surface area contributed by atoms with Crippen LogP contribution in [0.1, 0.15) is 58.9 Å². The summed E-state index contributed by atoms with van der Waals surface area (Å²) in [5.74, 6) is 0.220. The summed E-state index contributed by atoms with van der Waals surface area (Å²) in [6, 6.07) is 10.3. The first-order valence-corrected chi connectivity index (χ1v) is 9.97. The van der Waals surface area contributed by atoms with E-state index in [4.69, 9.17) is 14.2 Å². The Balaban J connectivity index is 1.85. The number of rotatable bonds is 10. The van der Waals surface area contributed by atoms with Crippen molar-refractivity contribution in [2.24, 2.45) is 11.8 Å². The maximum atomic E-state index is 11.9. The molecule has 0 unspecified atom stereocenters. The Morgan fingerprint density at radius 2 is 1.92 bits per heavy atom. The normalized spacial score (nSPS) is 22.3. The summed E-state index contributed by atoms with van der Waals surface area (Å²) in [6.45, 7) is 9.24. The molecule has 0 spiro atoms. The van der Waals surface area contributed by atoms with Gasteiger partial charge in [-0.1, -0.05) is 44.2 Å². The van der Waals surface area contributed by atoms with Gasteiger partial charge in [0.25, 0.3) is 0 Å². The van der Waals surface area contributed by atoms with Crippen molar-refractivity contribution >= 4 is 5.97 Å². The van der Waals surface area contributed by atoms with Gasteiger partial charge in [-0.15, -0.1) is 0 Å². The van der Waals surface area contributed by atoms with Gasteiger partial charge in [-0.3, -0.25) is 4.79 Å². The minimum Gasteiger partial charge on any atom is -0.466 e. The minimum atomic E-state index is -0.200. The van der Waals surface area contributed by atoms with Crippen LogP contribution in [0.2, 0.25) is 0 Å². The van der Waals surface area contributed by atoms with Crippen molar-refractivity contribution in [3.63, 3.8) is 0 Å². The average Bonchev–Trinajstić information content (AvgIpc) is 3.08. The van der Waals surface area contributed by atoms with Gasteiger partial charge in [-0.05, 0) is 51.0 Å². The molecule has 0 aromatic heterocycles. The second kappa shape index (κ2) is 10.7. The van der Waals surface area contributed by atoms with E-state index >= 15 is 0 Å². The van der Waals surface area contributed by atoms with Gasteiger partial charge in [-0.2, -0.15) is 0 Å². The highest BCUT2D eigenvalue weighted by Gasteiger charge is 2.34. The van der Waals surface area contributed by atoms with Crippen molar-refractivity contribution in [1.29, 1.82) is 0 Å². The summed E-state index contributed by atoms with van der Waals surface area (Å²) in [7, 11) is 0. The van der Waals surface area contributed by atoms with E-state index in [1.807, 2.05) is 32.0 Å². The van der Waals surface area contributed by atoms with Crippen molar-refractivity contribution in [3.8, 4) is 0 Å². The molecule has 0 saturated carbocycles. The summed E-state index contributed by atoms with van der Waals surface area (Å²) in [4.78, 5) is 11.9. The van der Waals surface area contributed by atoms with Gasteiger partial charge in [0.05, 0.1) is 37.4 Å². The number of carbonyl (C=O) groups is 1. The summed E-state index contributed by atoms with van der Waals surface area (Å²) < 4.78 is 17.5. The molecule has 0 N–H and O–H groups in total. The molecular formula is C22H34O4. The van der Waals surface area contributed by atoms with E-state index in [9.17, 15) is 4.79 Å². The van der Waals surface area contributed by atoms with Gasteiger partial charge in [0, 0.05) is 0 Å². The lowest BCUT2D eigenvalue weighted by Gasteiger charge is -2.24. The van der Waals surface area contributed by atoms with Crippen LogP contribution in [0.15, 0.2) is 30.3 Å². The van der Waals surface area contributed by atoms with E-state index in [1.54, 1.807) is 0 Å². The van der Waals surface area contributed by atoms with Crippen LogP contribution >= 0.6 is 0 Å². The van der Waals surface area contributed by atoms with Crippen LogP contribution in [0.5, 0.6) is 0 Å². The lowest BCUT2D eigenvalue weighted by molar-refractivity contribution is -0.152. The number of hydrogen-bond acceptors (Lipinski definition) is 4. The van der Waals surface area contributed by atoms with Crippen LogP contribution in [0.3, 0.4) is 0 Å². The minimum absolute atomic E-state index is 0.0344. The molecular weight excluding hydrogens is 328 g/mol. The highest BCUT2D eigenvalue weighted by Crippen LogP contribution is 2.30. The smallest absolute Gasteiger partial charge is 0.311 e. The lowest BCUT2D eigenvalue weighted by atomic mass is 9.98. The molecule has 0 radical (unpaired) electrons. The Labute approximate surface area is 158 Å². The molecule has 0 amide bonds. The first kappa shape index (κ1) is 20.9. The summed E-state index contributed by atoms with van der Waals surface area (Å²) in [5.41, 5.74) is 1.20. The summed E-state index contributed by atoms with van der Waals surface area (Å²) >= 11 is 0. The van der Waals surface area contributed by atoms with Crippen LogP contribution in [0.25, 0.3) is 0 Å². The predicted octanol–water partition coefficient (Wildman–Crippen LogP) is 4.75. The van der Waals surface area contributed by atoms with Crippen LogP contribution < -0.4 is 0 Å². The number of carbonyl (C=O) groups excluding carboxylic acids is 1. The molecule has 0 aliphatic carbocycles. The van der Waals surface area contributed by atoms with Crippen molar-refractivity contribution < 1.29 is 19.0 Å². The Morgan fingerprint density at radius 3 is 2.58 bits per heavy atom. The van der Waals surface area contributed by atoms with Gasteiger partial charge in [-0.25, -0.2) is 0 Å². The molecule has 1 aromatic carbocycles. The molecule has 146 valence electrons. The number of hydrogen-bond donors (Lipinski definition) is 0. The van der Waals surface area contributed by atoms with Crippen molar-refractivity contribution in [2.75, 3.05) is 6.61 Å². The van der Waals surface area contributed by atoms with Gasteiger partial charge in [0.2, 0.25) is 0 Å². The predicted molar refractivity (Wildman–Crippen MR) is 103 cm³/mol. The number of benzene rings is 1. The zero-order valence-corrected chi connectivity index (χ0v) is 16.6. The quantitative estimate of drug-likeness (QED) is 0.563. The Bertz CT molecular complexity index is 528. The van der Waals surface area contributed by atoms with Gasteiger partial charge < -0.3 is 14.2 Å². The van der Waals surface area contributed by atoms with Gasteiger partial charge >= 0.3 is 5.97 Å². The zero-order chi connectivity index (χ0) is 18.9. The third kappa shape index (κ3) is 6.73. The lowest BCUT2D eigenvalue weighted by Crippen LogP contribution is -2.29. The van der Waals surface area contributed by atoms with E-state index in [0.717, 1.165) is 25.7 Å². The first-order valence-electron chi connectivity index (χ1n) is 9.97. The number of ether oxygens (including phenoxy) is 3. The topological polar surface area (TPSA) is 44.8 Å². The molecule has 2 rings (SSSR count). The molecule has 4 heteroatoms. The SMILES string of the molecule is CCOC(=O)[C@@H](C)[C@@H]1CC[C@H](C[C@@H](CC(C)C)OCc2ccccc2)O1. The van der Waals surface area contributed by atoms with Crippen LogP contribution in [-0.4, -0.2) is 30.9 Å². The largest absolute Gasteiger partial charge is 0.466 e. The van der Waals surface area contributed by atoms with Gasteiger partial charge in [0.15, 0.2) is 0 Å². The highest BCUT2D eigenvalue weighted by molar-refractivity contribution is 5.72. The maximum absolute atomic E-state index is 11.9. The monoisotopic (exact) mass is 362 g/mol. The van der Waals surface area contributed by atoms with Crippen molar-refractivity contribution in [2.45, 2.75) is 78.3 Å². The van der Waals surface area contributed by atoms with E-state index < -0.39 is 0 Å². The van der Waals surface area contributed by atoms with Crippen molar-refractivity contribution in [1.82, 2.24) is 0 Å². The zero-order valence-electron chi connectivity index (χ0n) is 16.6. The molecule has 1 fully saturated rings. The molecule has 1 aromatic rings. The third-order valence-corrected chi connectivity index (χ3v) is 4.95. The average molecular weight is 363 g/mol. The van der Waals surface area contributed by atoms with E-state index in [-0.39, 0.29) is 30.2 Å². The fourth-order valence-electron chi connectivity index (χ4n) is 3.54. The fourth-order valence-corrected chi connectivity index (χ4v) is 3.54. The molecule has 4 atom stereocenters. The standard InChI is InChI=1S/C22H34O4/c1-5-24-22(23)17(4)21-12-11-19(26-21)14-20(13-16(2)3)25-15-18-9-7-6-8-10-18/h6-10,16-17,19-21H,5,11-15H2,1-4H3/t17-,19+,20+,21-/m0/s1. The molecule has 1 aliphatic rings. The molecule has 1 saturated heterocycles. The highest BCUT2D eigenvalue weighted by atomic mass is 16.5. The second-order valence-corrected chi connectivity index (χ2v) is 7.70. The third-order valence-electron chi connectivity index (χ3n) is 4.95. The van der Waals surface area contributed by atoms with Crippen LogP contribution in [-0.2, 0) is 25.6 Å². The molecule has 0 bridgehead atoms. The Kier molecular flexibility index (Phi) is 8.60. The molecule has 26 heavy (non-hydrogen) atoms. The second-order valence-electron chi connectivity index (χ2n) is 7.70. The summed E-state index contributed by atoms with van der Waals surface area (Å²) in [6.07, 6.45) is 4.11. The molecule has 4 nitrogen and oxygen atoms in total. The molecule has 1 heterocycles.